The van der Waals surface area contributed by atoms with E-state index in [4.69, 9.17) is 10.6 Å². The molecule has 0 heterocycles. The number of nitrogens with two attached hydrogens (primary N) is 1. The topological polar surface area (TPSA) is 107 Å². The van der Waals surface area contributed by atoms with Crippen LogP contribution < -0.4 is 16.0 Å². The van der Waals surface area contributed by atoms with Gasteiger partial charge in [-0.05, 0) is 13.0 Å². The van der Waals surface area contributed by atoms with Crippen molar-refractivity contribution in [1.29, 1.82) is 0 Å². The molecule has 0 bridgehead atoms. The van der Waals surface area contributed by atoms with Crippen molar-refractivity contribution in [3.63, 3.8) is 0 Å². The van der Waals surface area contributed by atoms with E-state index in [9.17, 15) is 14.9 Å². The highest BCUT2D eigenvalue weighted by molar-refractivity contribution is 5.75. The van der Waals surface area contributed by atoms with E-state index in [2.05, 4.69) is 0 Å². The molecule has 0 aromatic heterocycles. The van der Waals surface area contributed by atoms with E-state index in [-0.39, 0.29) is 30.4 Å². The van der Waals surface area contributed by atoms with Gasteiger partial charge in [-0.2, -0.15) is 0 Å². The number of nitrogens with zero attached hydrogens (tertiary/aromatic N) is 1. The van der Waals surface area contributed by atoms with Gasteiger partial charge in [-0.25, -0.2) is 5.84 Å². The molecule has 0 unspecified atom stereocenters. The zero-order valence-electron chi connectivity index (χ0n) is 9.30. The first-order chi connectivity index (χ1) is 8.06. The first-order valence-electron chi connectivity index (χ1n) is 4.92. The molecule has 0 atom stereocenters. The van der Waals surface area contributed by atoms with E-state index in [1.165, 1.54) is 6.07 Å². The number of para-hydroxylation sites is 1. The summed E-state index contributed by atoms with van der Waals surface area (Å²) in [6.45, 7) is 1.66. The second-order valence-corrected chi connectivity index (χ2v) is 3.34. The summed E-state index contributed by atoms with van der Waals surface area (Å²) in [7, 11) is 0. The lowest BCUT2D eigenvalue weighted by molar-refractivity contribution is -0.386. The summed E-state index contributed by atoms with van der Waals surface area (Å²) in [6, 6.07) is 4.77. The van der Waals surface area contributed by atoms with Crippen molar-refractivity contribution in [1.82, 2.24) is 5.43 Å². The fourth-order valence-electron chi connectivity index (χ4n) is 1.31. The molecule has 1 aromatic rings. The maximum absolute atomic E-state index is 10.8. The Bertz CT molecular complexity index is 434. The van der Waals surface area contributed by atoms with E-state index in [1.54, 1.807) is 19.1 Å². The number of carbonyl (C=O) groups excluding carboxylic acids is 1. The summed E-state index contributed by atoms with van der Waals surface area (Å²) in [5.74, 6) is 4.65. The molecule has 7 nitrogen and oxygen atoms in total. The molecule has 1 rings (SSSR count). The van der Waals surface area contributed by atoms with Gasteiger partial charge in [-0.3, -0.25) is 20.3 Å². The normalized spacial score (nSPS) is 9.76. The summed E-state index contributed by atoms with van der Waals surface area (Å²) >= 11 is 0. The van der Waals surface area contributed by atoms with E-state index in [0.717, 1.165) is 0 Å². The van der Waals surface area contributed by atoms with Crippen molar-refractivity contribution >= 4 is 11.6 Å². The molecule has 0 saturated carbocycles. The minimum Gasteiger partial charge on any atom is -0.486 e. The summed E-state index contributed by atoms with van der Waals surface area (Å²) in [5, 5.41) is 10.8. The van der Waals surface area contributed by atoms with Crippen LogP contribution >= 0.6 is 0 Å². The maximum atomic E-state index is 10.8. The number of nitro benzene ring substituents is 1. The van der Waals surface area contributed by atoms with Crippen LogP contribution in [-0.4, -0.2) is 17.4 Å². The fourth-order valence-corrected chi connectivity index (χ4v) is 1.31. The van der Waals surface area contributed by atoms with Gasteiger partial charge in [0.25, 0.3) is 0 Å². The molecule has 92 valence electrons. The van der Waals surface area contributed by atoms with Gasteiger partial charge in [0.1, 0.15) is 0 Å². The number of hydrogen-bond acceptors (Lipinski definition) is 5. The lowest BCUT2D eigenvalue weighted by atomic mass is 10.2. The van der Waals surface area contributed by atoms with Crippen LogP contribution in [0.4, 0.5) is 5.69 Å². The number of nitro groups is 1. The first kappa shape index (κ1) is 12.9. The molecule has 0 fully saturated rings. The molecule has 17 heavy (non-hydrogen) atoms. The average Bonchev–Trinajstić information content (AvgIpc) is 2.28. The Labute approximate surface area is 97.7 Å². The van der Waals surface area contributed by atoms with Crippen molar-refractivity contribution in [2.24, 2.45) is 5.84 Å². The van der Waals surface area contributed by atoms with Crippen LogP contribution in [0.1, 0.15) is 12.0 Å². The van der Waals surface area contributed by atoms with Crippen molar-refractivity contribution in [3.05, 3.63) is 33.9 Å². The van der Waals surface area contributed by atoms with Gasteiger partial charge in [0.2, 0.25) is 5.91 Å². The van der Waals surface area contributed by atoms with Crippen LogP contribution in [0.5, 0.6) is 5.75 Å². The number of ether oxygens (including phenoxy) is 1. The number of benzene rings is 1. The fraction of sp³-hybridized carbons (Fsp3) is 0.300. The molecule has 1 aromatic carbocycles. The Morgan fingerprint density at radius 2 is 2.29 bits per heavy atom. The monoisotopic (exact) mass is 239 g/mol. The van der Waals surface area contributed by atoms with Crippen LogP contribution in [0.2, 0.25) is 0 Å². The number of hydrogen-bond donors (Lipinski definition) is 2. The van der Waals surface area contributed by atoms with Gasteiger partial charge >= 0.3 is 5.69 Å². The lowest BCUT2D eigenvalue weighted by Crippen LogP contribution is -2.31. The maximum Gasteiger partial charge on any atom is 0.313 e. The molecule has 0 aliphatic rings. The first-order valence-corrected chi connectivity index (χ1v) is 4.92. The van der Waals surface area contributed by atoms with Gasteiger partial charge in [0.15, 0.2) is 5.75 Å². The molecule has 0 aliphatic carbocycles. The summed E-state index contributed by atoms with van der Waals surface area (Å²) < 4.78 is 5.19. The van der Waals surface area contributed by atoms with Crippen molar-refractivity contribution in [3.8, 4) is 5.75 Å². The second-order valence-electron chi connectivity index (χ2n) is 3.34. The minimum atomic E-state index is -0.506. The minimum absolute atomic E-state index is 0.0350. The van der Waals surface area contributed by atoms with Gasteiger partial charge in [0, 0.05) is 5.56 Å². The number of rotatable bonds is 5. The van der Waals surface area contributed by atoms with Crippen LogP contribution in [0.25, 0.3) is 0 Å². The third kappa shape index (κ3) is 3.42. The van der Waals surface area contributed by atoms with E-state index < -0.39 is 4.92 Å². The van der Waals surface area contributed by atoms with Crippen LogP contribution in [0.15, 0.2) is 18.2 Å². The Morgan fingerprint density at radius 1 is 1.59 bits per heavy atom. The molecule has 3 N–H and O–H groups in total. The molecule has 7 heteroatoms. The molecule has 0 radical (unpaired) electrons. The molecule has 0 spiro atoms. The van der Waals surface area contributed by atoms with Crippen molar-refractivity contribution in [2.45, 2.75) is 13.3 Å². The van der Waals surface area contributed by atoms with Gasteiger partial charge in [-0.15, -0.1) is 0 Å². The van der Waals surface area contributed by atoms with E-state index >= 15 is 0 Å². The Kier molecular flexibility index (Phi) is 4.41. The average molecular weight is 239 g/mol. The molecule has 1 amide bonds. The van der Waals surface area contributed by atoms with Gasteiger partial charge < -0.3 is 4.74 Å². The zero-order valence-corrected chi connectivity index (χ0v) is 9.30. The molecule has 0 aliphatic heterocycles. The number of carbonyl (C=O) groups is 1. The number of amides is 1. The van der Waals surface area contributed by atoms with E-state index in [1.807, 2.05) is 5.43 Å². The zero-order chi connectivity index (χ0) is 12.8. The molecule has 0 saturated heterocycles. The number of nitrogens with one attached hydrogen (secondary N) is 1. The second kappa shape index (κ2) is 5.80. The summed E-state index contributed by atoms with van der Waals surface area (Å²) in [6.07, 6.45) is 0.0433. The molecular formula is C10H13N3O4. The lowest BCUT2D eigenvalue weighted by Gasteiger charge is -2.07. The third-order valence-corrected chi connectivity index (χ3v) is 2.13. The summed E-state index contributed by atoms with van der Waals surface area (Å²) in [5.41, 5.74) is 2.37. The highest BCUT2D eigenvalue weighted by Gasteiger charge is 2.18. The molecular weight excluding hydrogens is 226 g/mol. The quantitative estimate of drug-likeness (QED) is 0.339. The highest BCUT2D eigenvalue weighted by Crippen LogP contribution is 2.30. The predicted molar refractivity (Wildman–Crippen MR) is 60.3 cm³/mol. The Balaban J connectivity index is 2.74. The van der Waals surface area contributed by atoms with Gasteiger partial charge in [0.05, 0.1) is 18.0 Å². The van der Waals surface area contributed by atoms with Crippen LogP contribution in [-0.2, 0) is 4.79 Å². The van der Waals surface area contributed by atoms with Gasteiger partial charge in [-0.1, -0.05) is 12.1 Å². The largest absolute Gasteiger partial charge is 0.486 e. The standard InChI is InChI=1S/C10H13N3O4/c1-7-3-2-4-8(10(7)13(15)16)17-6-5-9(14)12-11/h2-4H,5-6,11H2,1H3,(H,12,14). The van der Waals surface area contributed by atoms with Crippen molar-refractivity contribution in [2.75, 3.05) is 6.61 Å². The highest BCUT2D eigenvalue weighted by atomic mass is 16.6. The Morgan fingerprint density at radius 3 is 2.88 bits per heavy atom. The SMILES string of the molecule is Cc1cccc(OCCC(=O)NN)c1[N+](=O)[O-]. The predicted octanol–water partition coefficient (Wildman–Crippen LogP) is 0.662. The number of aryl methyl sites for hydroxylation is 1. The van der Waals surface area contributed by atoms with Crippen LogP contribution in [0.3, 0.4) is 0 Å². The van der Waals surface area contributed by atoms with Crippen molar-refractivity contribution < 1.29 is 14.5 Å². The smallest absolute Gasteiger partial charge is 0.313 e. The van der Waals surface area contributed by atoms with E-state index in [0.29, 0.717) is 5.56 Å². The Hall–Kier alpha value is -2.15. The van der Waals surface area contributed by atoms with Crippen LogP contribution in [0, 0.1) is 17.0 Å². The third-order valence-electron chi connectivity index (χ3n) is 2.13. The summed E-state index contributed by atoms with van der Waals surface area (Å²) in [4.78, 5) is 21.2. The number of hydrazine groups is 1.